The quantitative estimate of drug-likeness (QED) is 0.747. The maximum Gasteiger partial charge on any atom is 0.161 e. The summed E-state index contributed by atoms with van der Waals surface area (Å²) in [5.41, 5.74) is 6.65. The van der Waals surface area contributed by atoms with Crippen LogP contribution < -0.4 is 10.5 Å². The maximum absolute atomic E-state index is 9.38. The minimum absolute atomic E-state index is 0.0418. The third-order valence-electron chi connectivity index (χ3n) is 1.81. The largest absolute Gasteiger partial charge is 0.504 e. The Balaban J connectivity index is 2.97. The second kappa shape index (κ2) is 4.14. The van der Waals surface area contributed by atoms with Gasteiger partial charge in [-0.1, -0.05) is 6.07 Å². The number of rotatable bonds is 3. The summed E-state index contributed by atoms with van der Waals surface area (Å²) < 4.78 is 5.22. The third kappa shape index (κ3) is 2.36. The molecule has 0 aliphatic carbocycles. The van der Waals surface area contributed by atoms with Crippen LogP contribution in [0.5, 0.6) is 11.5 Å². The fraction of sp³-hybridized carbons (Fsp3) is 0.400. The van der Waals surface area contributed by atoms with E-state index >= 15 is 0 Å². The Morgan fingerprint density at radius 3 is 2.77 bits per heavy atom. The van der Waals surface area contributed by atoms with E-state index in [1.807, 2.05) is 13.8 Å². The van der Waals surface area contributed by atoms with Crippen LogP contribution in [0.1, 0.15) is 25.5 Å². The highest BCUT2D eigenvalue weighted by molar-refractivity contribution is 5.42. The monoisotopic (exact) mass is 181 g/mol. The predicted molar refractivity (Wildman–Crippen MR) is 51.9 cm³/mol. The zero-order valence-electron chi connectivity index (χ0n) is 7.95. The lowest BCUT2D eigenvalue weighted by molar-refractivity contribution is 0.317. The highest BCUT2D eigenvalue weighted by Crippen LogP contribution is 2.28. The minimum atomic E-state index is -0.0418. The molecule has 0 amide bonds. The second-order valence-corrected chi connectivity index (χ2v) is 2.95. The van der Waals surface area contributed by atoms with Gasteiger partial charge in [0.05, 0.1) is 6.61 Å². The molecule has 0 unspecified atom stereocenters. The molecule has 72 valence electrons. The van der Waals surface area contributed by atoms with Crippen molar-refractivity contribution in [3.8, 4) is 11.5 Å². The summed E-state index contributed by atoms with van der Waals surface area (Å²) in [5.74, 6) is 0.656. The molecule has 0 radical (unpaired) electrons. The molecule has 0 bridgehead atoms. The van der Waals surface area contributed by atoms with Crippen molar-refractivity contribution < 1.29 is 9.84 Å². The predicted octanol–water partition coefficient (Wildman–Crippen LogP) is 1.81. The molecule has 0 heterocycles. The molecule has 0 fully saturated rings. The number of aromatic hydroxyl groups is 1. The summed E-state index contributed by atoms with van der Waals surface area (Å²) in [5, 5.41) is 9.38. The van der Waals surface area contributed by atoms with E-state index in [-0.39, 0.29) is 11.8 Å². The summed E-state index contributed by atoms with van der Waals surface area (Å²) in [6.07, 6.45) is 0. The van der Waals surface area contributed by atoms with E-state index in [4.69, 9.17) is 10.5 Å². The summed E-state index contributed by atoms with van der Waals surface area (Å²) in [4.78, 5) is 0. The average molecular weight is 181 g/mol. The van der Waals surface area contributed by atoms with Gasteiger partial charge in [-0.25, -0.2) is 0 Å². The van der Waals surface area contributed by atoms with Crippen LogP contribution in [0.4, 0.5) is 0 Å². The van der Waals surface area contributed by atoms with Crippen molar-refractivity contribution in [3.05, 3.63) is 23.8 Å². The maximum atomic E-state index is 9.38. The first-order valence-electron chi connectivity index (χ1n) is 4.36. The van der Waals surface area contributed by atoms with Crippen LogP contribution in [0.15, 0.2) is 18.2 Å². The molecule has 0 aliphatic rings. The van der Waals surface area contributed by atoms with E-state index < -0.39 is 0 Å². The van der Waals surface area contributed by atoms with E-state index in [1.165, 1.54) is 0 Å². The standard InChI is InChI=1S/C10H15NO2/c1-3-13-10-6-8(7(2)11)4-5-9(10)12/h4-7,12H,3,11H2,1-2H3/t7-/m1/s1. The SMILES string of the molecule is CCOc1cc([C@@H](C)N)ccc1O. The second-order valence-electron chi connectivity index (χ2n) is 2.95. The summed E-state index contributed by atoms with van der Waals surface area (Å²) in [7, 11) is 0. The molecular formula is C10H15NO2. The van der Waals surface area contributed by atoms with Crippen molar-refractivity contribution in [3.63, 3.8) is 0 Å². The molecule has 1 aromatic rings. The fourth-order valence-corrected chi connectivity index (χ4v) is 1.09. The van der Waals surface area contributed by atoms with Gasteiger partial charge in [0.25, 0.3) is 0 Å². The molecule has 0 saturated carbocycles. The Kier molecular flexibility index (Phi) is 3.14. The van der Waals surface area contributed by atoms with Crippen LogP contribution in [0.3, 0.4) is 0 Å². The third-order valence-corrected chi connectivity index (χ3v) is 1.81. The normalized spacial score (nSPS) is 12.5. The van der Waals surface area contributed by atoms with Gasteiger partial charge >= 0.3 is 0 Å². The number of hydrogen-bond acceptors (Lipinski definition) is 3. The Morgan fingerprint density at radius 2 is 2.23 bits per heavy atom. The van der Waals surface area contributed by atoms with Gasteiger partial charge in [-0.3, -0.25) is 0 Å². The van der Waals surface area contributed by atoms with E-state index in [2.05, 4.69) is 0 Å². The molecule has 0 saturated heterocycles. The number of phenols is 1. The van der Waals surface area contributed by atoms with Crippen LogP contribution >= 0.6 is 0 Å². The molecule has 0 spiro atoms. The highest BCUT2D eigenvalue weighted by atomic mass is 16.5. The molecule has 1 aromatic carbocycles. The lowest BCUT2D eigenvalue weighted by Crippen LogP contribution is -2.05. The topological polar surface area (TPSA) is 55.5 Å². The van der Waals surface area contributed by atoms with Gasteiger partial charge in [-0.05, 0) is 31.5 Å². The zero-order chi connectivity index (χ0) is 9.84. The van der Waals surface area contributed by atoms with Crippen LogP contribution in [-0.4, -0.2) is 11.7 Å². The van der Waals surface area contributed by atoms with E-state index in [0.29, 0.717) is 12.4 Å². The van der Waals surface area contributed by atoms with Crippen LogP contribution in [0, 0.1) is 0 Å². The van der Waals surface area contributed by atoms with Gasteiger partial charge in [-0.2, -0.15) is 0 Å². The van der Waals surface area contributed by atoms with Gasteiger partial charge in [-0.15, -0.1) is 0 Å². The van der Waals surface area contributed by atoms with E-state index in [9.17, 15) is 5.11 Å². The molecule has 1 rings (SSSR count). The van der Waals surface area contributed by atoms with Crippen molar-refractivity contribution in [1.82, 2.24) is 0 Å². The van der Waals surface area contributed by atoms with Crippen molar-refractivity contribution >= 4 is 0 Å². The number of benzene rings is 1. The van der Waals surface area contributed by atoms with Gasteiger partial charge in [0, 0.05) is 6.04 Å². The molecule has 0 aromatic heterocycles. The Bertz CT molecular complexity index is 284. The first-order chi connectivity index (χ1) is 6.15. The van der Waals surface area contributed by atoms with Gasteiger partial charge in [0.2, 0.25) is 0 Å². The van der Waals surface area contributed by atoms with Crippen LogP contribution in [0.25, 0.3) is 0 Å². The van der Waals surface area contributed by atoms with Crippen molar-refractivity contribution in [2.24, 2.45) is 5.73 Å². The Morgan fingerprint density at radius 1 is 1.54 bits per heavy atom. The molecule has 3 N–H and O–H groups in total. The molecule has 1 atom stereocenters. The fourth-order valence-electron chi connectivity index (χ4n) is 1.09. The Labute approximate surface area is 78.1 Å². The number of phenolic OH excluding ortho intramolecular Hbond substituents is 1. The van der Waals surface area contributed by atoms with E-state index in [1.54, 1.807) is 18.2 Å². The van der Waals surface area contributed by atoms with Gasteiger partial charge in [0.1, 0.15) is 0 Å². The lowest BCUT2D eigenvalue weighted by Gasteiger charge is -2.10. The molecule has 13 heavy (non-hydrogen) atoms. The molecule has 0 aliphatic heterocycles. The Hall–Kier alpha value is -1.22. The van der Waals surface area contributed by atoms with Crippen LogP contribution in [0.2, 0.25) is 0 Å². The minimum Gasteiger partial charge on any atom is -0.504 e. The lowest BCUT2D eigenvalue weighted by atomic mass is 10.1. The average Bonchev–Trinajstić information content (AvgIpc) is 2.08. The van der Waals surface area contributed by atoms with Crippen molar-refractivity contribution in [2.75, 3.05) is 6.61 Å². The van der Waals surface area contributed by atoms with Gasteiger partial charge in [0.15, 0.2) is 11.5 Å². The van der Waals surface area contributed by atoms with E-state index in [0.717, 1.165) is 5.56 Å². The molecule has 3 nitrogen and oxygen atoms in total. The number of hydrogen-bond donors (Lipinski definition) is 2. The summed E-state index contributed by atoms with van der Waals surface area (Å²) >= 11 is 0. The summed E-state index contributed by atoms with van der Waals surface area (Å²) in [6.45, 7) is 4.30. The van der Waals surface area contributed by atoms with Crippen molar-refractivity contribution in [2.45, 2.75) is 19.9 Å². The number of nitrogens with two attached hydrogens (primary N) is 1. The highest BCUT2D eigenvalue weighted by Gasteiger charge is 2.05. The van der Waals surface area contributed by atoms with Crippen molar-refractivity contribution in [1.29, 1.82) is 0 Å². The number of ether oxygens (including phenoxy) is 1. The molecule has 3 heteroatoms. The first-order valence-corrected chi connectivity index (χ1v) is 4.36. The zero-order valence-corrected chi connectivity index (χ0v) is 7.95. The first kappa shape index (κ1) is 9.86. The smallest absolute Gasteiger partial charge is 0.161 e. The summed E-state index contributed by atoms with van der Waals surface area (Å²) in [6, 6.07) is 5.12. The molecular weight excluding hydrogens is 166 g/mol. The van der Waals surface area contributed by atoms with Crippen LogP contribution in [-0.2, 0) is 0 Å². The van der Waals surface area contributed by atoms with Gasteiger partial charge < -0.3 is 15.6 Å².